The van der Waals surface area contributed by atoms with Crippen molar-refractivity contribution in [2.24, 2.45) is 5.41 Å². The minimum absolute atomic E-state index is 0.283. The molecule has 0 aliphatic heterocycles. The van der Waals surface area contributed by atoms with Gasteiger partial charge in [0.1, 0.15) is 0 Å². The van der Waals surface area contributed by atoms with E-state index in [0.717, 1.165) is 0 Å². The van der Waals surface area contributed by atoms with Gasteiger partial charge in [-0.05, 0) is 20.8 Å². The number of rotatable bonds is 1. The molecule has 1 N–H and O–H groups in total. The van der Waals surface area contributed by atoms with Gasteiger partial charge in [-0.3, -0.25) is 9.89 Å². The lowest BCUT2D eigenvalue weighted by Crippen LogP contribution is -2.25. The summed E-state index contributed by atoms with van der Waals surface area (Å²) in [4.78, 5) is 11.3. The molecule has 0 spiro atoms. The Morgan fingerprint density at radius 3 is 2.67 bits per heavy atom. The van der Waals surface area contributed by atoms with Crippen LogP contribution in [0, 0.1) is 5.41 Å². The number of aromatic amines is 1. The van der Waals surface area contributed by atoms with Crippen LogP contribution < -0.4 is 4.74 Å². The van der Waals surface area contributed by atoms with Crippen LogP contribution in [0.2, 0.25) is 0 Å². The zero-order valence-electron chi connectivity index (χ0n) is 7.42. The third-order valence-electron chi connectivity index (χ3n) is 1.28. The number of carbonyl (C=O) groups is 1. The summed E-state index contributed by atoms with van der Waals surface area (Å²) >= 11 is 0. The van der Waals surface area contributed by atoms with Gasteiger partial charge in [-0.1, -0.05) is 0 Å². The zero-order chi connectivity index (χ0) is 9.19. The van der Waals surface area contributed by atoms with Crippen LogP contribution in [0.5, 0.6) is 5.88 Å². The van der Waals surface area contributed by atoms with Gasteiger partial charge < -0.3 is 4.74 Å². The van der Waals surface area contributed by atoms with E-state index in [2.05, 4.69) is 10.2 Å². The van der Waals surface area contributed by atoms with Crippen LogP contribution in [0.15, 0.2) is 12.3 Å². The van der Waals surface area contributed by atoms with Gasteiger partial charge in [0.25, 0.3) is 0 Å². The van der Waals surface area contributed by atoms with Gasteiger partial charge in [-0.15, -0.1) is 5.10 Å². The lowest BCUT2D eigenvalue weighted by molar-refractivity contribution is -0.143. The fourth-order valence-electron chi connectivity index (χ4n) is 0.552. The number of nitrogens with one attached hydrogen (secondary N) is 1. The maximum Gasteiger partial charge on any atom is 0.317 e. The van der Waals surface area contributed by atoms with E-state index < -0.39 is 5.41 Å². The average molecular weight is 168 g/mol. The lowest BCUT2D eigenvalue weighted by Gasteiger charge is -2.14. The quantitative estimate of drug-likeness (QED) is 0.644. The first-order valence-electron chi connectivity index (χ1n) is 3.72. The van der Waals surface area contributed by atoms with Crippen LogP contribution in [0.1, 0.15) is 20.8 Å². The molecule has 0 saturated heterocycles. The molecule has 0 radical (unpaired) electrons. The second kappa shape index (κ2) is 2.97. The molecule has 1 aromatic rings. The molecule has 0 unspecified atom stereocenters. The van der Waals surface area contributed by atoms with Gasteiger partial charge in [0, 0.05) is 12.3 Å². The molecular weight excluding hydrogens is 156 g/mol. The average Bonchev–Trinajstić information content (AvgIpc) is 2.37. The molecule has 1 heterocycles. The summed E-state index contributed by atoms with van der Waals surface area (Å²) in [5.41, 5.74) is -0.487. The lowest BCUT2D eigenvalue weighted by atomic mass is 9.97. The molecule has 12 heavy (non-hydrogen) atoms. The van der Waals surface area contributed by atoms with E-state index in [1.54, 1.807) is 33.0 Å². The van der Waals surface area contributed by atoms with Crippen molar-refractivity contribution < 1.29 is 9.53 Å². The highest BCUT2D eigenvalue weighted by atomic mass is 16.5. The molecule has 0 aliphatic carbocycles. The summed E-state index contributed by atoms with van der Waals surface area (Å²) < 4.78 is 4.94. The summed E-state index contributed by atoms with van der Waals surface area (Å²) in [5, 5.41) is 6.26. The topological polar surface area (TPSA) is 55.0 Å². The number of esters is 1. The van der Waals surface area contributed by atoms with Crippen LogP contribution in [-0.4, -0.2) is 16.2 Å². The smallest absolute Gasteiger partial charge is 0.317 e. The number of carbonyl (C=O) groups excluding carboxylic acids is 1. The molecule has 0 saturated carbocycles. The maximum atomic E-state index is 11.3. The van der Waals surface area contributed by atoms with Crippen LogP contribution in [0.25, 0.3) is 0 Å². The van der Waals surface area contributed by atoms with Gasteiger partial charge in [0.05, 0.1) is 5.41 Å². The van der Waals surface area contributed by atoms with Gasteiger partial charge in [-0.2, -0.15) is 0 Å². The van der Waals surface area contributed by atoms with Crippen LogP contribution in [0.3, 0.4) is 0 Å². The number of H-pyrrole nitrogens is 1. The number of nitrogens with zero attached hydrogens (tertiary/aromatic N) is 1. The van der Waals surface area contributed by atoms with E-state index in [1.807, 2.05) is 0 Å². The molecule has 1 rings (SSSR count). The summed E-state index contributed by atoms with van der Waals surface area (Å²) in [6.45, 7) is 5.38. The van der Waals surface area contributed by atoms with Gasteiger partial charge in [-0.25, -0.2) is 0 Å². The van der Waals surface area contributed by atoms with Crippen LogP contribution >= 0.6 is 0 Å². The molecule has 66 valence electrons. The highest BCUT2D eigenvalue weighted by Gasteiger charge is 2.24. The molecule has 4 heteroatoms. The van der Waals surface area contributed by atoms with Gasteiger partial charge in [0.15, 0.2) is 0 Å². The predicted molar refractivity (Wildman–Crippen MR) is 43.7 cm³/mol. The third-order valence-corrected chi connectivity index (χ3v) is 1.28. The van der Waals surface area contributed by atoms with Crippen molar-refractivity contribution >= 4 is 5.97 Å². The van der Waals surface area contributed by atoms with Crippen molar-refractivity contribution in [1.82, 2.24) is 10.2 Å². The second-order valence-electron chi connectivity index (χ2n) is 3.55. The Morgan fingerprint density at radius 2 is 2.25 bits per heavy atom. The SMILES string of the molecule is CC(C)(C)C(=O)Oc1cc[nH]n1. The molecule has 0 atom stereocenters. The Hall–Kier alpha value is -1.32. The van der Waals surface area contributed by atoms with E-state index in [-0.39, 0.29) is 5.97 Å². The highest BCUT2D eigenvalue weighted by molar-refractivity contribution is 5.77. The van der Waals surface area contributed by atoms with Gasteiger partial charge >= 0.3 is 5.97 Å². The minimum atomic E-state index is -0.487. The normalized spacial score (nSPS) is 11.2. The first kappa shape index (κ1) is 8.77. The van der Waals surface area contributed by atoms with Crippen molar-refractivity contribution in [2.75, 3.05) is 0 Å². The number of hydrogen-bond donors (Lipinski definition) is 1. The summed E-state index contributed by atoms with van der Waals surface area (Å²) in [6.07, 6.45) is 1.60. The Labute approximate surface area is 70.9 Å². The van der Waals surface area contributed by atoms with E-state index >= 15 is 0 Å². The largest absolute Gasteiger partial charge is 0.405 e. The van der Waals surface area contributed by atoms with Crippen molar-refractivity contribution in [1.29, 1.82) is 0 Å². The van der Waals surface area contributed by atoms with Crippen molar-refractivity contribution in [3.63, 3.8) is 0 Å². The Bertz CT molecular complexity index is 259. The number of hydrogen-bond acceptors (Lipinski definition) is 3. The molecule has 0 fully saturated rings. The van der Waals surface area contributed by atoms with Gasteiger partial charge in [0.2, 0.25) is 5.88 Å². The fourth-order valence-corrected chi connectivity index (χ4v) is 0.552. The minimum Gasteiger partial charge on any atom is -0.405 e. The highest BCUT2D eigenvalue weighted by Crippen LogP contribution is 2.16. The molecule has 0 amide bonds. The van der Waals surface area contributed by atoms with E-state index in [4.69, 9.17) is 4.74 Å². The maximum absolute atomic E-state index is 11.3. The first-order chi connectivity index (χ1) is 5.50. The number of ether oxygens (including phenoxy) is 1. The Kier molecular flexibility index (Phi) is 2.17. The summed E-state index contributed by atoms with van der Waals surface area (Å²) in [5.74, 6) is 0.0320. The van der Waals surface area contributed by atoms with Crippen LogP contribution in [0.4, 0.5) is 0 Å². The van der Waals surface area contributed by atoms with Crippen molar-refractivity contribution in [3.05, 3.63) is 12.3 Å². The second-order valence-corrected chi connectivity index (χ2v) is 3.55. The zero-order valence-corrected chi connectivity index (χ0v) is 7.42. The Balaban J connectivity index is 2.60. The predicted octanol–water partition coefficient (Wildman–Crippen LogP) is 1.36. The monoisotopic (exact) mass is 168 g/mol. The molecule has 0 bridgehead atoms. The fraction of sp³-hybridized carbons (Fsp3) is 0.500. The summed E-state index contributed by atoms with van der Waals surface area (Å²) in [6, 6.07) is 1.60. The summed E-state index contributed by atoms with van der Waals surface area (Å²) in [7, 11) is 0. The first-order valence-corrected chi connectivity index (χ1v) is 3.72. The van der Waals surface area contributed by atoms with E-state index in [1.165, 1.54) is 0 Å². The van der Waals surface area contributed by atoms with Crippen molar-refractivity contribution in [3.8, 4) is 5.88 Å². The van der Waals surface area contributed by atoms with E-state index in [0.29, 0.717) is 5.88 Å². The molecule has 0 aliphatic rings. The van der Waals surface area contributed by atoms with Crippen LogP contribution in [-0.2, 0) is 4.79 Å². The molecule has 1 aromatic heterocycles. The van der Waals surface area contributed by atoms with Crippen molar-refractivity contribution in [2.45, 2.75) is 20.8 Å². The standard InChI is InChI=1S/C8H12N2O2/c1-8(2,3)7(11)12-6-4-5-9-10-6/h4-5H,1-3H3,(H,9,10). The molecular formula is C8H12N2O2. The number of aromatic nitrogens is 2. The Morgan fingerprint density at radius 1 is 1.58 bits per heavy atom. The van der Waals surface area contributed by atoms with E-state index in [9.17, 15) is 4.79 Å². The molecule has 0 aromatic carbocycles. The third kappa shape index (κ3) is 2.08. The molecule has 4 nitrogen and oxygen atoms in total.